The van der Waals surface area contributed by atoms with Gasteiger partial charge in [0.1, 0.15) is 5.69 Å². The van der Waals surface area contributed by atoms with Gasteiger partial charge in [-0.3, -0.25) is 0 Å². The third-order valence-corrected chi connectivity index (χ3v) is 2.70. The quantitative estimate of drug-likeness (QED) is 0.685. The van der Waals surface area contributed by atoms with Crippen molar-refractivity contribution in [2.45, 2.75) is 0 Å². The number of benzene rings is 1. The Bertz CT molecular complexity index is 774. The highest BCUT2D eigenvalue weighted by atomic mass is 32.1. The van der Waals surface area contributed by atoms with E-state index in [0.29, 0.717) is 5.65 Å². The number of aromatic nitrogens is 5. The number of rotatable bonds is 1. The number of para-hydroxylation sites is 1. The minimum Gasteiger partial charge on any atom is -0.329 e. The molecule has 0 unspecified atom stereocenters. The maximum absolute atomic E-state index is 13.7. The van der Waals surface area contributed by atoms with E-state index in [1.807, 2.05) is 0 Å². The van der Waals surface area contributed by atoms with Crippen molar-refractivity contribution in [1.29, 1.82) is 0 Å². The highest BCUT2D eigenvalue weighted by Crippen LogP contribution is 2.19. The lowest BCUT2D eigenvalue weighted by molar-refractivity contribution is 0.558. The lowest BCUT2D eigenvalue weighted by atomic mass is 10.3. The fourth-order valence-corrected chi connectivity index (χ4v) is 1.81. The number of nitrogens with one attached hydrogen (secondary N) is 1. The Hall–Kier alpha value is -2.22. The summed E-state index contributed by atoms with van der Waals surface area (Å²) in [6.07, 6.45) is 1.32. The van der Waals surface area contributed by atoms with Gasteiger partial charge in [0.2, 0.25) is 0 Å². The molecule has 0 radical (unpaired) electrons. The van der Waals surface area contributed by atoms with Crippen LogP contribution >= 0.6 is 12.2 Å². The first-order valence-electron chi connectivity index (χ1n) is 4.92. The monoisotopic (exact) mass is 265 g/mol. The Morgan fingerprint density at radius 3 is 2.67 bits per heavy atom. The van der Waals surface area contributed by atoms with Crippen molar-refractivity contribution in [2.24, 2.45) is 0 Å². The summed E-state index contributed by atoms with van der Waals surface area (Å²) < 4.78 is 28.6. The van der Waals surface area contributed by atoms with E-state index in [0.717, 1.165) is 16.8 Å². The van der Waals surface area contributed by atoms with Crippen molar-refractivity contribution in [3.63, 3.8) is 0 Å². The third-order valence-electron chi connectivity index (χ3n) is 2.41. The van der Waals surface area contributed by atoms with Crippen molar-refractivity contribution in [3.8, 4) is 5.69 Å². The fourth-order valence-electron chi connectivity index (χ4n) is 1.62. The number of nitrogens with zero attached hydrogens (tertiary/aromatic N) is 4. The highest BCUT2D eigenvalue weighted by Gasteiger charge is 2.16. The zero-order valence-electron chi connectivity index (χ0n) is 8.76. The molecule has 3 rings (SSSR count). The first-order valence-corrected chi connectivity index (χ1v) is 5.33. The molecule has 0 fully saturated rings. The van der Waals surface area contributed by atoms with Gasteiger partial charge in [0.05, 0.1) is 6.33 Å². The maximum atomic E-state index is 13.7. The predicted octanol–water partition coefficient (Wildman–Crippen LogP) is 2.15. The third kappa shape index (κ3) is 1.50. The summed E-state index contributed by atoms with van der Waals surface area (Å²) in [5, 5.41) is 7.46. The Kier molecular flexibility index (Phi) is 2.37. The molecule has 1 aromatic carbocycles. The van der Waals surface area contributed by atoms with Gasteiger partial charge in [-0.05, 0) is 12.1 Å². The van der Waals surface area contributed by atoms with Crippen molar-refractivity contribution in [2.75, 3.05) is 0 Å². The molecule has 0 atom stereocenters. The van der Waals surface area contributed by atoms with Gasteiger partial charge in [0.25, 0.3) is 0 Å². The summed E-state index contributed by atoms with van der Waals surface area (Å²) in [7, 11) is 0. The van der Waals surface area contributed by atoms with Crippen LogP contribution in [0.5, 0.6) is 0 Å². The van der Waals surface area contributed by atoms with Crippen LogP contribution in [0.3, 0.4) is 0 Å². The first-order chi connectivity index (χ1) is 8.68. The lowest BCUT2D eigenvalue weighted by Crippen LogP contribution is -2.04. The maximum Gasteiger partial charge on any atom is 0.167 e. The van der Waals surface area contributed by atoms with E-state index in [4.69, 9.17) is 12.2 Å². The molecule has 18 heavy (non-hydrogen) atoms. The largest absolute Gasteiger partial charge is 0.329 e. The Labute approximate surface area is 104 Å². The summed E-state index contributed by atoms with van der Waals surface area (Å²) in [5.74, 6) is -1.48. The Morgan fingerprint density at radius 1 is 1.22 bits per heavy atom. The van der Waals surface area contributed by atoms with Gasteiger partial charge in [-0.1, -0.05) is 23.5 Å². The van der Waals surface area contributed by atoms with E-state index in [1.165, 1.54) is 12.4 Å². The van der Waals surface area contributed by atoms with Crippen molar-refractivity contribution in [1.82, 2.24) is 25.0 Å². The zero-order chi connectivity index (χ0) is 12.7. The standard InChI is InChI=1S/C10H5F2N5S/c11-5-2-1-3-6(12)8(5)17-9-7(15-16-17)10(18)14-4-13-9/h1-4H,(H,13,14,18). The highest BCUT2D eigenvalue weighted by molar-refractivity contribution is 7.71. The molecule has 0 saturated heterocycles. The van der Waals surface area contributed by atoms with E-state index in [2.05, 4.69) is 20.3 Å². The van der Waals surface area contributed by atoms with Crippen LogP contribution in [0.15, 0.2) is 24.5 Å². The molecule has 0 spiro atoms. The second-order valence-corrected chi connectivity index (χ2v) is 3.86. The van der Waals surface area contributed by atoms with E-state index >= 15 is 0 Å². The van der Waals surface area contributed by atoms with Crippen LogP contribution < -0.4 is 0 Å². The number of halogens is 2. The molecule has 0 aliphatic rings. The summed E-state index contributed by atoms with van der Waals surface area (Å²) in [6, 6.07) is 3.56. The average molecular weight is 265 g/mol. The molecule has 5 nitrogen and oxygen atoms in total. The Morgan fingerprint density at radius 2 is 1.94 bits per heavy atom. The molecule has 90 valence electrons. The molecule has 3 aromatic rings. The van der Waals surface area contributed by atoms with Crippen LogP contribution in [-0.4, -0.2) is 25.0 Å². The van der Waals surface area contributed by atoms with E-state index in [1.54, 1.807) is 0 Å². The average Bonchev–Trinajstić information content (AvgIpc) is 2.75. The molecular formula is C10H5F2N5S. The smallest absolute Gasteiger partial charge is 0.167 e. The minimum atomic E-state index is -0.738. The van der Waals surface area contributed by atoms with Crippen LogP contribution in [0.1, 0.15) is 0 Å². The van der Waals surface area contributed by atoms with Crippen LogP contribution in [0.4, 0.5) is 8.78 Å². The normalized spacial score (nSPS) is 11.0. The minimum absolute atomic E-state index is 0.215. The number of fused-ring (bicyclic) bond motifs is 1. The summed E-state index contributed by atoms with van der Waals surface area (Å²) in [6.45, 7) is 0. The summed E-state index contributed by atoms with van der Waals surface area (Å²) >= 11 is 4.95. The van der Waals surface area contributed by atoms with Crippen LogP contribution in [0, 0.1) is 16.3 Å². The molecule has 2 heterocycles. The van der Waals surface area contributed by atoms with Crippen LogP contribution in [-0.2, 0) is 0 Å². The van der Waals surface area contributed by atoms with E-state index < -0.39 is 11.6 Å². The van der Waals surface area contributed by atoms with Gasteiger partial charge in [-0.25, -0.2) is 13.8 Å². The SMILES string of the molecule is Fc1cccc(F)c1-n1nnc2c(=S)nc[nH]c21. The van der Waals surface area contributed by atoms with Crippen LogP contribution in [0.2, 0.25) is 0 Å². The molecular weight excluding hydrogens is 260 g/mol. The van der Waals surface area contributed by atoms with E-state index in [-0.39, 0.29) is 15.8 Å². The summed E-state index contributed by atoms with van der Waals surface area (Å²) in [5.41, 5.74) is 0.269. The molecule has 0 bridgehead atoms. The fraction of sp³-hybridized carbons (Fsp3) is 0. The molecule has 2 aromatic heterocycles. The van der Waals surface area contributed by atoms with Gasteiger partial charge in [-0.15, -0.1) is 5.10 Å². The second-order valence-electron chi connectivity index (χ2n) is 3.48. The lowest BCUT2D eigenvalue weighted by Gasteiger charge is -2.04. The first kappa shape index (κ1) is 10.9. The predicted molar refractivity (Wildman–Crippen MR) is 61.8 cm³/mol. The molecule has 0 amide bonds. The van der Waals surface area contributed by atoms with Crippen molar-refractivity contribution >= 4 is 23.4 Å². The number of hydrogen-bond donors (Lipinski definition) is 1. The van der Waals surface area contributed by atoms with Crippen molar-refractivity contribution in [3.05, 3.63) is 40.8 Å². The number of hydrogen-bond acceptors (Lipinski definition) is 4. The second kappa shape index (κ2) is 3.91. The van der Waals surface area contributed by atoms with Gasteiger partial charge in [-0.2, -0.15) is 4.68 Å². The molecule has 1 N–H and O–H groups in total. The van der Waals surface area contributed by atoms with Crippen molar-refractivity contribution < 1.29 is 8.78 Å². The Balaban J connectivity index is 2.40. The van der Waals surface area contributed by atoms with Crippen LogP contribution in [0.25, 0.3) is 16.9 Å². The number of aromatic amines is 1. The van der Waals surface area contributed by atoms with Gasteiger partial charge in [0, 0.05) is 0 Å². The summed E-state index contributed by atoms with van der Waals surface area (Å²) in [4.78, 5) is 6.54. The topological polar surface area (TPSA) is 59.4 Å². The van der Waals surface area contributed by atoms with E-state index in [9.17, 15) is 8.78 Å². The number of H-pyrrole nitrogens is 1. The van der Waals surface area contributed by atoms with Gasteiger partial charge in [0.15, 0.2) is 27.4 Å². The van der Waals surface area contributed by atoms with Gasteiger partial charge >= 0.3 is 0 Å². The molecule has 0 aliphatic carbocycles. The zero-order valence-corrected chi connectivity index (χ0v) is 9.58. The molecule has 0 aliphatic heterocycles. The van der Waals surface area contributed by atoms with Gasteiger partial charge < -0.3 is 4.98 Å². The molecule has 8 heteroatoms. The molecule has 0 saturated carbocycles.